The fraction of sp³-hybridized carbons (Fsp3) is 0.294. The maximum atomic E-state index is 13.1. The Morgan fingerprint density at radius 1 is 1.36 bits per heavy atom. The van der Waals surface area contributed by atoms with Crippen molar-refractivity contribution in [3.63, 3.8) is 0 Å². The molecule has 1 aliphatic rings. The topological polar surface area (TPSA) is 44.1 Å². The van der Waals surface area contributed by atoms with Crippen molar-refractivity contribution in [2.45, 2.75) is 32.8 Å². The van der Waals surface area contributed by atoms with Gasteiger partial charge in [-0.15, -0.1) is 0 Å². The van der Waals surface area contributed by atoms with E-state index in [2.05, 4.69) is 5.10 Å². The molecule has 1 aromatic carbocycles. The van der Waals surface area contributed by atoms with Crippen molar-refractivity contribution in [3.8, 4) is 5.69 Å². The molecule has 2 aromatic rings. The van der Waals surface area contributed by atoms with Crippen LogP contribution < -0.4 is 0 Å². The van der Waals surface area contributed by atoms with Gasteiger partial charge in [0.25, 0.3) is 0 Å². The molecule has 0 saturated heterocycles. The van der Waals surface area contributed by atoms with Crippen LogP contribution in [0.25, 0.3) is 5.69 Å². The van der Waals surface area contributed by atoms with Gasteiger partial charge in [0.15, 0.2) is 0 Å². The number of hydrogen-bond acceptors (Lipinski definition) is 3. The van der Waals surface area contributed by atoms with Gasteiger partial charge in [-0.25, -0.2) is 13.9 Å². The SMILES string of the molecule is C/C=C/C(=O)OCc1nn(-c2ccc(F)cc2)c2c1CCC2. The van der Waals surface area contributed by atoms with Gasteiger partial charge in [0.05, 0.1) is 5.69 Å². The van der Waals surface area contributed by atoms with E-state index in [0.29, 0.717) is 0 Å². The predicted octanol–water partition coefficient (Wildman–Crippen LogP) is 3.12. The van der Waals surface area contributed by atoms with E-state index in [1.165, 1.54) is 18.2 Å². The fourth-order valence-corrected chi connectivity index (χ4v) is 2.75. The van der Waals surface area contributed by atoms with Crippen LogP contribution in [0.15, 0.2) is 36.4 Å². The second-order valence-electron chi connectivity index (χ2n) is 5.22. The molecule has 1 heterocycles. The second-order valence-corrected chi connectivity index (χ2v) is 5.22. The zero-order chi connectivity index (χ0) is 15.5. The summed E-state index contributed by atoms with van der Waals surface area (Å²) < 4.78 is 20.1. The highest BCUT2D eigenvalue weighted by atomic mass is 19.1. The predicted molar refractivity (Wildman–Crippen MR) is 80.2 cm³/mol. The Labute approximate surface area is 128 Å². The van der Waals surface area contributed by atoms with Crippen molar-refractivity contribution in [2.75, 3.05) is 0 Å². The summed E-state index contributed by atoms with van der Waals surface area (Å²) in [6.45, 7) is 1.93. The molecule has 22 heavy (non-hydrogen) atoms. The number of carbonyl (C=O) groups excluding carboxylic acids is 1. The monoisotopic (exact) mass is 300 g/mol. The summed E-state index contributed by atoms with van der Waals surface area (Å²) in [7, 11) is 0. The lowest BCUT2D eigenvalue weighted by Crippen LogP contribution is -2.04. The van der Waals surface area contributed by atoms with E-state index in [-0.39, 0.29) is 18.4 Å². The van der Waals surface area contributed by atoms with Crippen LogP contribution in [-0.4, -0.2) is 15.7 Å². The Morgan fingerprint density at radius 3 is 2.86 bits per heavy atom. The maximum absolute atomic E-state index is 13.1. The lowest BCUT2D eigenvalue weighted by Gasteiger charge is -2.05. The molecule has 0 N–H and O–H groups in total. The third-order valence-electron chi connectivity index (χ3n) is 3.74. The first-order valence-electron chi connectivity index (χ1n) is 7.34. The van der Waals surface area contributed by atoms with E-state index in [1.54, 1.807) is 25.1 Å². The van der Waals surface area contributed by atoms with Gasteiger partial charge in [0.1, 0.15) is 18.1 Å². The number of fused-ring (bicyclic) bond motifs is 1. The maximum Gasteiger partial charge on any atom is 0.330 e. The van der Waals surface area contributed by atoms with E-state index in [4.69, 9.17) is 4.74 Å². The number of aromatic nitrogens is 2. The summed E-state index contributed by atoms with van der Waals surface area (Å²) in [5.41, 5.74) is 3.89. The van der Waals surface area contributed by atoms with Crippen LogP contribution in [0.1, 0.15) is 30.3 Å². The third kappa shape index (κ3) is 2.79. The molecule has 0 aliphatic heterocycles. The number of halogens is 1. The second kappa shape index (κ2) is 6.13. The van der Waals surface area contributed by atoms with Crippen molar-refractivity contribution in [1.29, 1.82) is 0 Å². The molecule has 114 valence electrons. The summed E-state index contributed by atoms with van der Waals surface area (Å²) in [5, 5.41) is 4.56. The largest absolute Gasteiger partial charge is 0.456 e. The summed E-state index contributed by atoms with van der Waals surface area (Å²) in [4.78, 5) is 11.4. The summed E-state index contributed by atoms with van der Waals surface area (Å²) in [5.74, 6) is -0.640. The van der Waals surface area contributed by atoms with Crippen molar-refractivity contribution < 1.29 is 13.9 Å². The number of rotatable bonds is 4. The molecule has 0 spiro atoms. The lowest BCUT2D eigenvalue weighted by molar-refractivity contribution is -0.139. The first-order valence-corrected chi connectivity index (χ1v) is 7.34. The van der Waals surface area contributed by atoms with E-state index in [9.17, 15) is 9.18 Å². The number of carbonyl (C=O) groups is 1. The molecule has 4 nitrogen and oxygen atoms in total. The minimum absolute atomic E-state index is 0.166. The van der Waals surface area contributed by atoms with Crippen molar-refractivity contribution >= 4 is 5.97 Å². The molecular weight excluding hydrogens is 283 g/mol. The molecule has 0 radical (unpaired) electrons. The van der Waals surface area contributed by atoms with Crippen molar-refractivity contribution in [2.24, 2.45) is 0 Å². The van der Waals surface area contributed by atoms with E-state index in [0.717, 1.165) is 41.9 Å². The summed E-state index contributed by atoms with van der Waals surface area (Å²) in [6.07, 6.45) is 5.96. The van der Waals surface area contributed by atoms with E-state index >= 15 is 0 Å². The Kier molecular flexibility index (Phi) is 4.04. The average Bonchev–Trinajstić information content (AvgIpc) is 3.09. The van der Waals surface area contributed by atoms with Gasteiger partial charge >= 0.3 is 5.97 Å². The number of allylic oxidation sites excluding steroid dienone is 1. The molecule has 0 bridgehead atoms. The molecule has 1 aromatic heterocycles. The van der Waals surface area contributed by atoms with Gasteiger partial charge in [-0.2, -0.15) is 5.10 Å². The average molecular weight is 300 g/mol. The molecule has 5 heteroatoms. The number of nitrogens with zero attached hydrogens (tertiary/aromatic N) is 2. The minimum Gasteiger partial charge on any atom is -0.456 e. The molecule has 3 rings (SSSR count). The van der Waals surface area contributed by atoms with Gasteiger partial charge < -0.3 is 4.74 Å². The Balaban J connectivity index is 1.88. The van der Waals surface area contributed by atoms with E-state index in [1.807, 2.05) is 4.68 Å². The molecule has 0 saturated carbocycles. The van der Waals surface area contributed by atoms with Crippen molar-refractivity contribution in [3.05, 3.63) is 59.2 Å². The molecular formula is C17H17FN2O2. The van der Waals surface area contributed by atoms with Crippen molar-refractivity contribution in [1.82, 2.24) is 9.78 Å². The highest BCUT2D eigenvalue weighted by Gasteiger charge is 2.23. The Morgan fingerprint density at radius 2 is 2.14 bits per heavy atom. The van der Waals surface area contributed by atoms with Gasteiger partial charge in [-0.1, -0.05) is 6.08 Å². The fourth-order valence-electron chi connectivity index (χ4n) is 2.75. The highest BCUT2D eigenvalue weighted by Crippen LogP contribution is 2.28. The number of ether oxygens (including phenoxy) is 1. The molecule has 0 unspecified atom stereocenters. The van der Waals surface area contributed by atoms with Crippen LogP contribution in [0.4, 0.5) is 4.39 Å². The molecule has 1 aliphatic carbocycles. The number of esters is 1. The quantitative estimate of drug-likeness (QED) is 0.643. The van der Waals surface area contributed by atoms with Crippen LogP contribution in [0.5, 0.6) is 0 Å². The lowest BCUT2D eigenvalue weighted by atomic mass is 10.2. The normalized spacial score (nSPS) is 13.5. The minimum atomic E-state index is -0.370. The Bertz CT molecular complexity index is 717. The zero-order valence-electron chi connectivity index (χ0n) is 12.4. The summed E-state index contributed by atoms with van der Waals surface area (Å²) in [6, 6.07) is 6.25. The van der Waals surface area contributed by atoms with Crippen LogP contribution in [0, 0.1) is 5.82 Å². The smallest absolute Gasteiger partial charge is 0.330 e. The van der Waals surface area contributed by atoms with E-state index < -0.39 is 0 Å². The summed E-state index contributed by atoms with van der Waals surface area (Å²) >= 11 is 0. The van der Waals surface area contributed by atoms with Crippen LogP contribution in [0.2, 0.25) is 0 Å². The first kappa shape index (κ1) is 14.5. The molecule has 0 fully saturated rings. The van der Waals surface area contributed by atoms with Crippen LogP contribution in [0.3, 0.4) is 0 Å². The van der Waals surface area contributed by atoms with Gasteiger partial charge in [-0.05, 0) is 50.5 Å². The third-order valence-corrected chi connectivity index (χ3v) is 3.74. The number of hydrogen-bond donors (Lipinski definition) is 0. The zero-order valence-corrected chi connectivity index (χ0v) is 12.4. The van der Waals surface area contributed by atoms with Gasteiger partial charge in [0.2, 0.25) is 0 Å². The van der Waals surface area contributed by atoms with Gasteiger partial charge in [0, 0.05) is 17.3 Å². The van der Waals surface area contributed by atoms with Gasteiger partial charge in [-0.3, -0.25) is 0 Å². The molecule has 0 atom stereocenters. The number of benzene rings is 1. The Hall–Kier alpha value is -2.43. The van der Waals surface area contributed by atoms with Crippen LogP contribution >= 0.6 is 0 Å². The standard InChI is InChI=1S/C17H17FN2O2/c1-2-4-17(21)22-11-15-14-5-3-6-16(14)20(19-15)13-9-7-12(18)8-10-13/h2,4,7-10H,3,5-6,11H2,1H3/b4-2+. The molecule has 0 amide bonds. The van der Waals surface area contributed by atoms with Crippen LogP contribution in [-0.2, 0) is 29.0 Å². The highest BCUT2D eigenvalue weighted by molar-refractivity contribution is 5.81. The first-order chi connectivity index (χ1) is 10.7.